The van der Waals surface area contributed by atoms with Crippen LogP contribution in [0.25, 0.3) is 44.3 Å². The van der Waals surface area contributed by atoms with Gasteiger partial charge in [0, 0.05) is 36.5 Å². The minimum absolute atomic E-state index is 0.538. The van der Waals surface area contributed by atoms with Crippen LogP contribution in [0.15, 0.2) is 52.9 Å². The Morgan fingerprint density at radius 1 is 1.05 bits per heavy atom. The highest BCUT2D eigenvalue weighted by Crippen LogP contribution is 2.46. The Morgan fingerprint density at radius 2 is 1.88 bits per heavy atom. The molecule has 0 aliphatic carbocycles. The van der Waals surface area contributed by atoms with Gasteiger partial charge in [-0.1, -0.05) is 36.4 Å². The standard InChI is InChI=1S/C33H31N5OS/c1-20-14-25(23-8-4-3-5-9-23)30(33-37-26-10-11-35-18-28(26)40-33)29(21(20)2)32-36-27-16-22(19-38-12-6-7-13-38)15-24(17-34)31(27)39-32/h3-5,8-9,14-16,35H,6-7,10-13,18-19H2,1-2H3. The fourth-order valence-electron chi connectivity index (χ4n) is 6.05. The molecule has 40 heavy (non-hydrogen) atoms. The van der Waals surface area contributed by atoms with Gasteiger partial charge in [-0.15, -0.1) is 11.3 Å². The molecule has 0 unspecified atom stereocenters. The van der Waals surface area contributed by atoms with Gasteiger partial charge in [0.25, 0.3) is 0 Å². The number of thiazole rings is 1. The molecule has 0 spiro atoms. The summed E-state index contributed by atoms with van der Waals surface area (Å²) in [6.45, 7) is 9.11. The maximum Gasteiger partial charge on any atom is 0.228 e. The molecule has 2 aliphatic rings. The number of rotatable bonds is 5. The Labute approximate surface area is 238 Å². The van der Waals surface area contributed by atoms with Crippen LogP contribution in [-0.4, -0.2) is 34.5 Å². The summed E-state index contributed by atoms with van der Waals surface area (Å²) >= 11 is 1.75. The number of nitriles is 1. The number of aryl methyl sites for hydroxylation is 1. The summed E-state index contributed by atoms with van der Waals surface area (Å²) in [5, 5.41) is 14.5. The second-order valence-electron chi connectivity index (χ2n) is 10.9. The quantitative estimate of drug-likeness (QED) is 0.256. The minimum atomic E-state index is 0.538. The fraction of sp³-hybridized carbons (Fsp3) is 0.303. The van der Waals surface area contributed by atoms with E-state index < -0.39 is 0 Å². The summed E-state index contributed by atoms with van der Waals surface area (Å²) in [4.78, 5) is 14.0. The van der Waals surface area contributed by atoms with Crippen LogP contribution in [-0.2, 0) is 19.5 Å². The van der Waals surface area contributed by atoms with Crippen LogP contribution >= 0.6 is 11.3 Å². The van der Waals surface area contributed by atoms with Gasteiger partial charge in [-0.05, 0) is 79.7 Å². The first-order valence-electron chi connectivity index (χ1n) is 14.0. The maximum atomic E-state index is 10.1. The molecule has 6 nitrogen and oxygen atoms in total. The lowest BCUT2D eigenvalue weighted by atomic mass is 9.89. The van der Waals surface area contributed by atoms with E-state index in [-0.39, 0.29) is 0 Å². The van der Waals surface area contributed by atoms with Gasteiger partial charge in [-0.25, -0.2) is 9.97 Å². The predicted octanol–water partition coefficient (Wildman–Crippen LogP) is 7.02. The molecule has 2 aromatic heterocycles. The number of nitrogens with one attached hydrogen (secondary N) is 1. The molecule has 7 rings (SSSR count). The number of hydrogen-bond donors (Lipinski definition) is 1. The van der Waals surface area contributed by atoms with E-state index >= 15 is 0 Å². The average Bonchev–Trinajstić information content (AvgIpc) is 3.74. The summed E-state index contributed by atoms with van der Waals surface area (Å²) in [6, 6.07) is 19.2. The summed E-state index contributed by atoms with van der Waals surface area (Å²) < 4.78 is 6.51. The van der Waals surface area contributed by atoms with Crippen LogP contribution in [0.1, 0.15) is 45.7 Å². The Kier molecular flexibility index (Phi) is 6.47. The van der Waals surface area contributed by atoms with Crippen molar-refractivity contribution in [3.05, 3.63) is 81.4 Å². The first kappa shape index (κ1) is 25.2. The van der Waals surface area contributed by atoms with Crippen LogP contribution in [0, 0.1) is 25.2 Å². The van der Waals surface area contributed by atoms with Crippen LogP contribution in [0.5, 0.6) is 0 Å². The number of nitrogens with zero attached hydrogens (tertiary/aromatic N) is 4. The predicted molar refractivity (Wildman–Crippen MR) is 160 cm³/mol. The number of benzene rings is 3. The van der Waals surface area contributed by atoms with Crippen LogP contribution in [0.2, 0.25) is 0 Å². The van der Waals surface area contributed by atoms with E-state index in [4.69, 9.17) is 14.4 Å². The van der Waals surface area contributed by atoms with E-state index in [0.717, 1.165) is 88.6 Å². The lowest BCUT2D eigenvalue weighted by Gasteiger charge is -2.17. The summed E-state index contributed by atoms with van der Waals surface area (Å²) in [5.74, 6) is 0.546. The van der Waals surface area contributed by atoms with E-state index in [1.165, 1.54) is 23.4 Å². The third kappa shape index (κ3) is 4.43. The molecule has 1 N–H and O–H groups in total. The smallest absolute Gasteiger partial charge is 0.228 e. The molecule has 5 aromatic rings. The number of hydrogen-bond acceptors (Lipinski definition) is 7. The number of aromatic nitrogens is 2. The zero-order valence-electron chi connectivity index (χ0n) is 22.9. The fourth-order valence-corrected chi connectivity index (χ4v) is 7.20. The largest absolute Gasteiger partial charge is 0.435 e. The normalized spacial score (nSPS) is 15.4. The number of oxazole rings is 1. The van der Waals surface area contributed by atoms with Crippen molar-refractivity contribution in [2.75, 3.05) is 19.6 Å². The van der Waals surface area contributed by atoms with Crippen molar-refractivity contribution >= 4 is 22.4 Å². The minimum Gasteiger partial charge on any atom is -0.435 e. The lowest BCUT2D eigenvalue weighted by molar-refractivity contribution is 0.331. The molecule has 4 heterocycles. The molecule has 7 heteroatoms. The zero-order chi connectivity index (χ0) is 27.2. The van der Waals surface area contributed by atoms with Crippen LogP contribution in [0.4, 0.5) is 0 Å². The first-order chi connectivity index (χ1) is 19.6. The Morgan fingerprint density at radius 3 is 2.65 bits per heavy atom. The molecule has 1 saturated heterocycles. The molecular weight excluding hydrogens is 514 g/mol. The zero-order valence-corrected chi connectivity index (χ0v) is 23.7. The highest BCUT2D eigenvalue weighted by molar-refractivity contribution is 7.15. The molecule has 0 radical (unpaired) electrons. The van der Waals surface area contributed by atoms with Crippen molar-refractivity contribution in [1.82, 2.24) is 20.2 Å². The Bertz CT molecular complexity index is 1750. The second kappa shape index (κ2) is 10.3. The van der Waals surface area contributed by atoms with Crippen molar-refractivity contribution in [2.24, 2.45) is 0 Å². The molecule has 200 valence electrons. The number of likely N-dealkylation sites (tertiary alicyclic amines) is 1. The van der Waals surface area contributed by atoms with E-state index in [0.29, 0.717) is 17.0 Å². The van der Waals surface area contributed by atoms with Crippen LogP contribution < -0.4 is 5.32 Å². The van der Waals surface area contributed by atoms with Crippen molar-refractivity contribution in [2.45, 2.75) is 46.2 Å². The van der Waals surface area contributed by atoms with Gasteiger partial charge in [0.15, 0.2) is 5.58 Å². The Hall–Kier alpha value is -3.83. The molecule has 0 saturated carbocycles. The van der Waals surface area contributed by atoms with E-state index in [9.17, 15) is 5.26 Å². The SMILES string of the molecule is Cc1cc(-c2ccccc2)c(-c2nc3c(s2)CNCC3)c(-c2nc3cc(CN4CCCC4)cc(C#N)c3o2)c1C. The lowest BCUT2D eigenvalue weighted by Crippen LogP contribution is -2.22. The van der Waals surface area contributed by atoms with Gasteiger partial charge < -0.3 is 9.73 Å². The van der Waals surface area contributed by atoms with Gasteiger partial charge in [0.2, 0.25) is 5.89 Å². The summed E-state index contributed by atoms with van der Waals surface area (Å²) in [6.07, 6.45) is 3.40. The van der Waals surface area contributed by atoms with E-state index in [1.54, 1.807) is 11.3 Å². The molecule has 0 atom stereocenters. The van der Waals surface area contributed by atoms with Crippen molar-refractivity contribution in [1.29, 1.82) is 5.26 Å². The highest BCUT2D eigenvalue weighted by atomic mass is 32.1. The molecule has 1 fully saturated rings. The topological polar surface area (TPSA) is 78.0 Å². The van der Waals surface area contributed by atoms with Gasteiger partial charge in [0.05, 0.1) is 16.8 Å². The Balaban J connectivity index is 1.46. The molecule has 2 aliphatic heterocycles. The van der Waals surface area contributed by atoms with E-state index in [1.807, 2.05) is 12.1 Å². The molecule has 3 aromatic carbocycles. The summed E-state index contributed by atoms with van der Waals surface area (Å²) in [7, 11) is 0. The monoisotopic (exact) mass is 545 g/mol. The van der Waals surface area contributed by atoms with Gasteiger partial charge >= 0.3 is 0 Å². The van der Waals surface area contributed by atoms with Gasteiger partial charge in [0.1, 0.15) is 16.6 Å². The van der Waals surface area contributed by atoms with Gasteiger partial charge in [-0.3, -0.25) is 4.90 Å². The van der Waals surface area contributed by atoms with Crippen molar-refractivity contribution in [3.8, 4) is 39.2 Å². The molecular formula is C33H31N5OS. The molecule has 0 bridgehead atoms. The first-order valence-corrected chi connectivity index (χ1v) is 14.9. The molecule has 0 amide bonds. The average molecular weight is 546 g/mol. The summed E-state index contributed by atoms with van der Waals surface area (Å²) in [5.41, 5.74) is 10.7. The third-order valence-electron chi connectivity index (χ3n) is 8.24. The highest BCUT2D eigenvalue weighted by Gasteiger charge is 2.27. The van der Waals surface area contributed by atoms with Crippen molar-refractivity contribution in [3.63, 3.8) is 0 Å². The van der Waals surface area contributed by atoms with Crippen molar-refractivity contribution < 1.29 is 4.42 Å². The van der Waals surface area contributed by atoms with Crippen LogP contribution in [0.3, 0.4) is 0 Å². The second-order valence-corrected chi connectivity index (χ2v) is 12.0. The van der Waals surface area contributed by atoms with Gasteiger partial charge in [-0.2, -0.15) is 5.26 Å². The maximum absolute atomic E-state index is 10.1. The third-order valence-corrected chi connectivity index (χ3v) is 9.35. The van der Waals surface area contributed by atoms with E-state index in [2.05, 4.69) is 66.5 Å². The number of fused-ring (bicyclic) bond motifs is 2.